The summed E-state index contributed by atoms with van der Waals surface area (Å²) in [5.41, 5.74) is 1.93. The minimum absolute atomic E-state index is 0.00926. The molecule has 1 aromatic carbocycles. The van der Waals surface area contributed by atoms with E-state index in [2.05, 4.69) is 36.2 Å². The Morgan fingerprint density at radius 1 is 1.09 bits per heavy atom. The summed E-state index contributed by atoms with van der Waals surface area (Å²) in [5, 5.41) is 0. The molecule has 1 N–H and O–H groups in total. The van der Waals surface area contributed by atoms with E-state index < -0.39 is 13.4 Å². The summed E-state index contributed by atoms with van der Waals surface area (Å²) >= 11 is 0. The highest BCUT2D eigenvalue weighted by atomic mass is 31.2. The SMILES string of the molecule is CCCCCCCCc1ccc(CCC2(COP(=O)(O)OC(C)CC)COC(C)=N2)cc1. The van der Waals surface area contributed by atoms with Gasteiger partial charge in [-0.05, 0) is 50.2 Å². The van der Waals surface area contributed by atoms with Crippen molar-refractivity contribution in [3.8, 4) is 0 Å². The van der Waals surface area contributed by atoms with Crippen LogP contribution >= 0.6 is 7.82 Å². The largest absolute Gasteiger partial charge is 0.479 e. The molecular weight excluding hydrogens is 425 g/mol. The van der Waals surface area contributed by atoms with Gasteiger partial charge in [-0.2, -0.15) is 0 Å². The van der Waals surface area contributed by atoms with Gasteiger partial charge in [0.25, 0.3) is 0 Å². The van der Waals surface area contributed by atoms with Crippen molar-refractivity contribution < 1.29 is 23.2 Å². The molecule has 0 radical (unpaired) electrons. The van der Waals surface area contributed by atoms with Gasteiger partial charge >= 0.3 is 7.82 Å². The fraction of sp³-hybridized carbons (Fsp3) is 0.720. The molecule has 1 heterocycles. The fourth-order valence-corrected chi connectivity index (χ4v) is 4.87. The Morgan fingerprint density at radius 3 is 2.31 bits per heavy atom. The van der Waals surface area contributed by atoms with Crippen LogP contribution in [0.3, 0.4) is 0 Å². The second kappa shape index (κ2) is 13.5. The summed E-state index contributed by atoms with van der Waals surface area (Å²) < 4.78 is 28.3. The number of rotatable bonds is 16. The molecule has 0 saturated carbocycles. The van der Waals surface area contributed by atoms with E-state index in [4.69, 9.17) is 13.8 Å². The lowest BCUT2D eigenvalue weighted by Gasteiger charge is -2.26. The first kappa shape index (κ1) is 27.0. The minimum atomic E-state index is -4.13. The predicted molar refractivity (Wildman–Crippen MR) is 130 cm³/mol. The maximum absolute atomic E-state index is 12.3. The van der Waals surface area contributed by atoms with Gasteiger partial charge in [0, 0.05) is 6.92 Å². The number of nitrogens with zero attached hydrogens (tertiary/aromatic N) is 1. The van der Waals surface area contributed by atoms with Crippen molar-refractivity contribution in [1.29, 1.82) is 0 Å². The number of unbranched alkanes of at least 4 members (excludes halogenated alkanes) is 5. The van der Waals surface area contributed by atoms with E-state index in [1.165, 1.54) is 49.7 Å². The zero-order valence-corrected chi connectivity index (χ0v) is 21.2. The van der Waals surface area contributed by atoms with Crippen LogP contribution in [0.2, 0.25) is 0 Å². The first-order chi connectivity index (χ1) is 15.3. The highest BCUT2D eigenvalue weighted by molar-refractivity contribution is 7.47. The molecule has 1 aliphatic rings. The third-order valence-electron chi connectivity index (χ3n) is 6.05. The minimum Gasteiger partial charge on any atom is -0.479 e. The highest BCUT2D eigenvalue weighted by Crippen LogP contribution is 2.46. The van der Waals surface area contributed by atoms with E-state index in [1.807, 2.05) is 6.92 Å². The van der Waals surface area contributed by atoms with Gasteiger partial charge in [0.15, 0.2) is 5.90 Å². The second-order valence-electron chi connectivity index (χ2n) is 9.04. The predicted octanol–water partition coefficient (Wildman–Crippen LogP) is 6.64. The van der Waals surface area contributed by atoms with Gasteiger partial charge in [-0.15, -0.1) is 0 Å². The van der Waals surface area contributed by atoms with E-state index in [1.54, 1.807) is 13.8 Å². The maximum atomic E-state index is 12.3. The zero-order chi connectivity index (χ0) is 23.5. The van der Waals surface area contributed by atoms with Crippen molar-refractivity contribution >= 4 is 13.7 Å². The molecule has 32 heavy (non-hydrogen) atoms. The van der Waals surface area contributed by atoms with Gasteiger partial charge in [0.1, 0.15) is 12.1 Å². The smallest absolute Gasteiger partial charge is 0.472 e. The number of aryl methyl sites for hydroxylation is 2. The van der Waals surface area contributed by atoms with Gasteiger partial charge < -0.3 is 9.63 Å². The van der Waals surface area contributed by atoms with Gasteiger partial charge in [-0.3, -0.25) is 9.05 Å². The van der Waals surface area contributed by atoms with E-state index in [-0.39, 0.29) is 12.7 Å². The average molecular weight is 468 g/mol. The van der Waals surface area contributed by atoms with Crippen LogP contribution in [0.5, 0.6) is 0 Å². The first-order valence-corrected chi connectivity index (χ1v) is 13.7. The normalized spacial score (nSPS) is 21.1. The molecule has 6 nitrogen and oxygen atoms in total. The van der Waals surface area contributed by atoms with Gasteiger partial charge in [-0.25, -0.2) is 9.56 Å². The Bertz CT molecular complexity index is 751. The molecule has 1 aromatic rings. The van der Waals surface area contributed by atoms with Crippen molar-refractivity contribution in [2.75, 3.05) is 13.2 Å². The monoisotopic (exact) mass is 467 g/mol. The highest BCUT2D eigenvalue weighted by Gasteiger charge is 2.39. The molecule has 3 atom stereocenters. The van der Waals surface area contributed by atoms with Crippen LogP contribution in [0.15, 0.2) is 29.3 Å². The van der Waals surface area contributed by atoms with E-state index in [9.17, 15) is 9.46 Å². The summed E-state index contributed by atoms with van der Waals surface area (Å²) in [6, 6.07) is 8.78. The molecule has 0 spiro atoms. The summed E-state index contributed by atoms with van der Waals surface area (Å²) in [7, 11) is -4.13. The van der Waals surface area contributed by atoms with Crippen LogP contribution in [0.4, 0.5) is 0 Å². The standard InChI is InChI=1S/C25H42NO5P/c1-5-7-8-9-10-11-12-23-13-15-24(16-14-23)17-18-25(19-29-22(4)26-25)20-30-32(27,28)31-21(3)6-2/h13-16,21H,5-12,17-20H2,1-4H3,(H,27,28). The summed E-state index contributed by atoms with van der Waals surface area (Å²) in [6.07, 6.45) is 10.7. The molecule has 0 aromatic heterocycles. The second-order valence-corrected chi connectivity index (χ2v) is 10.5. The van der Waals surface area contributed by atoms with Crippen LogP contribution in [-0.2, 0) is 31.2 Å². The van der Waals surface area contributed by atoms with Crippen LogP contribution < -0.4 is 0 Å². The molecule has 1 aliphatic heterocycles. The van der Waals surface area contributed by atoms with Crippen molar-refractivity contribution in [2.45, 2.75) is 104 Å². The molecule has 3 unspecified atom stereocenters. The van der Waals surface area contributed by atoms with Crippen molar-refractivity contribution in [3.05, 3.63) is 35.4 Å². The molecule has 2 rings (SSSR count). The lowest BCUT2D eigenvalue weighted by atomic mass is 9.93. The number of hydrogen-bond acceptors (Lipinski definition) is 5. The molecule has 7 heteroatoms. The topological polar surface area (TPSA) is 77.4 Å². The Hall–Kier alpha value is -1.20. The van der Waals surface area contributed by atoms with Crippen LogP contribution in [-0.4, -0.2) is 35.6 Å². The maximum Gasteiger partial charge on any atom is 0.472 e. The number of hydrogen-bond donors (Lipinski definition) is 1. The zero-order valence-electron chi connectivity index (χ0n) is 20.3. The van der Waals surface area contributed by atoms with E-state index >= 15 is 0 Å². The van der Waals surface area contributed by atoms with Crippen LogP contribution in [0.25, 0.3) is 0 Å². The van der Waals surface area contributed by atoms with Crippen LogP contribution in [0, 0.1) is 0 Å². The van der Waals surface area contributed by atoms with Gasteiger partial charge in [-0.1, -0.05) is 70.2 Å². The summed E-state index contributed by atoms with van der Waals surface area (Å²) in [6.45, 7) is 8.02. The number of aliphatic imine (C=N–C) groups is 1. The Kier molecular flexibility index (Phi) is 11.4. The summed E-state index contributed by atoms with van der Waals surface area (Å²) in [4.78, 5) is 14.6. The third-order valence-corrected chi connectivity index (χ3v) is 7.13. The molecule has 0 aliphatic carbocycles. The van der Waals surface area contributed by atoms with Gasteiger partial charge in [0.05, 0.1) is 12.7 Å². The van der Waals surface area contributed by atoms with Crippen molar-refractivity contribution in [2.24, 2.45) is 4.99 Å². The quantitative estimate of drug-likeness (QED) is 0.218. The van der Waals surface area contributed by atoms with Gasteiger partial charge in [0.2, 0.25) is 0 Å². The first-order valence-electron chi connectivity index (χ1n) is 12.2. The molecular formula is C25H42NO5P. The van der Waals surface area contributed by atoms with Crippen molar-refractivity contribution in [3.63, 3.8) is 0 Å². The fourth-order valence-electron chi connectivity index (χ4n) is 3.80. The Labute approximate surface area is 194 Å². The Balaban J connectivity index is 1.85. The number of ether oxygens (including phenoxy) is 1. The lowest BCUT2D eigenvalue weighted by Crippen LogP contribution is -2.35. The van der Waals surface area contributed by atoms with Crippen molar-refractivity contribution in [1.82, 2.24) is 0 Å². The summed E-state index contributed by atoms with van der Waals surface area (Å²) in [5.74, 6) is 0.582. The molecule has 0 saturated heterocycles. The van der Waals surface area contributed by atoms with Crippen LogP contribution in [0.1, 0.15) is 90.2 Å². The molecule has 0 fully saturated rings. The number of phosphoric acid groups is 1. The number of phosphoric ester groups is 1. The number of benzene rings is 1. The lowest BCUT2D eigenvalue weighted by molar-refractivity contribution is 0.0835. The molecule has 0 amide bonds. The Morgan fingerprint density at radius 2 is 1.72 bits per heavy atom. The molecule has 0 bridgehead atoms. The van der Waals surface area contributed by atoms with E-state index in [0.717, 1.165) is 12.8 Å². The van der Waals surface area contributed by atoms with E-state index in [0.29, 0.717) is 25.3 Å². The third kappa shape index (κ3) is 9.74. The molecule has 182 valence electrons. The average Bonchev–Trinajstić information content (AvgIpc) is 3.15.